The number of hydrogen-bond acceptors (Lipinski definition) is 6. The number of nitrogens with two attached hydrogens (primary N) is 1. The molecule has 0 radical (unpaired) electrons. The normalized spacial score (nSPS) is 22.9. The van der Waals surface area contributed by atoms with Crippen LogP contribution >= 0.6 is 35.1 Å². The van der Waals surface area contributed by atoms with E-state index in [0.29, 0.717) is 27.4 Å². The summed E-state index contributed by atoms with van der Waals surface area (Å²) in [6.07, 6.45) is 0. The first-order chi connectivity index (χ1) is 9.65. The molecule has 2 unspecified atom stereocenters. The van der Waals surface area contributed by atoms with E-state index in [1.54, 1.807) is 18.2 Å². The monoisotopic (exact) mass is 327 g/mol. The minimum atomic E-state index is 0.270. The third-order valence-electron chi connectivity index (χ3n) is 3.13. The van der Waals surface area contributed by atoms with Crippen LogP contribution in [0.5, 0.6) is 0 Å². The summed E-state index contributed by atoms with van der Waals surface area (Å²) in [7, 11) is 0. The Bertz CT molecular complexity index is 619. The number of halogens is 1. The fourth-order valence-electron chi connectivity index (χ4n) is 2.09. The van der Waals surface area contributed by atoms with Crippen molar-refractivity contribution in [3.63, 3.8) is 0 Å². The molecule has 1 aliphatic heterocycles. The van der Waals surface area contributed by atoms with Crippen LogP contribution in [0.3, 0.4) is 0 Å². The zero-order valence-corrected chi connectivity index (χ0v) is 13.3. The Morgan fingerprint density at radius 1 is 1.35 bits per heavy atom. The Balaban J connectivity index is 1.91. The number of benzene rings is 1. The average molecular weight is 328 g/mol. The summed E-state index contributed by atoms with van der Waals surface area (Å²) < 4.78 is 5.37. The van der Waals surface area contributed by atoms with Crippen molar-refractivity contribution in [1.29, 1.82) is 0 Å². The lowest BCUT2D eigenvalue weighted by molar-refractivity contribution is 0.422. The summed E-state index contributed by atoms with van der Waals surface area (Å²) in [5.41, 5.74) is 7.22. The van der Waals surface area contributed by atoms with E-state index >= 15 is 0 Å². The highest BCUT2D eigenvalue weighted by atomic mass is 35.5. The Morgan fingerprint density at radius 2 is 2.15 bits per heavy atom. The van der Waals surface area contributed by atoms with Crippen molar-refractivity contribution in [3.8, 4) is 11.5 Å². The van der Waals surface area contributed by atoms with Crippen LogP contribution in [-0.4, -0.2) is 26.9 Å². The van der Waals surface area contributed by atoms with Crippen LogP contribution in [0.1, 0.15) is 18.0 Å². The maximum atomic E-state index is 5.99. The van der Waals surface area contributed by atoms with Crippen molar-refractivity contribution < 1.29 is 4.52 Å². The highest BCUT2D eigenvalue weighted by Crippen LogP contribution is 2.41. The van der Waals surface area contributed by atoms with E-state index in [1.807, 2.05) is 23.5 Å². The number of hydrogen-bond donors (Lipinski definition) is 1. The fraction of sp³-hybridized carbons (Fsp3) is 0.385. The van der Waals surface area contributed by atoms with Crippen LogP contribution in [0.15, 0.2) is 22.7 Å². The fourth-order valence-corrected chi connectivity index (χ4v) is 4.94. The quantitative estimate of drug-likeness (QED) is 0.844. The molecule has 1 saturated heterocycles. The molecule has 4 nitrogen and oxygen atoms in total. The van der Waals surface area contributed by atoms with Crippen molar-refractivity contribution in [2.75, 3.05) is 17.2 Å². The van der Waals surface area contributed by atoms with Gasteiger partial charge in [0.1, 0.15) is 0 Å². The van der Waals surface area contributed by atoms with Crippen molar-refractivity contribution in [1.82, 2.24) is 10.1 Å². The number of anilines is 1. The predicted molar refractivity (Wildman–Crippen MR) is 86.3 cm³/mol. The number of nitrogens with zero attached hydrogens (tertiary/aromatic N) is 2. The minimum absolute atomic E-state index is 0.270. The molecule has 1 fully saturated rings. The molecule has 3 rings (SSSR count). The van der Waals surface area contributed by atoms with Gasteiger partial charge in [0.05, 0.1) is 10.8 Å². The number of nitrogen functional groups attached to an aromatic ring is 1. The van der Waals surface area contributed by atoms with Crippen molar-refractivity contribution in [2.45, 2.75) is 17.4 Å². The maximum Gasteiger partial charge on any atom is 0.260 e. The van der Waals surface area contributed by atoms with Gasteiger partial charge in [-0.3, -0.25) is 0 Å². The van der Waals surface area contributed by atoms with Crippen LogP contribution in [-0.2, 0) is 0 Å². The van der Waals surface area contributed by atoms with E-state index in [4.69, 9.17) is 21.9 Å². The van der Waals surface area contributed by atoms with Gasteiger partial charge in [-0.1, -0.05) is 23.7 Å². The summed E-state index contributed by atoms with van der Waals surface area (Å²) in [6, 6.07) is 5.24. The first-order valence-electron chi connectivity index (χ1n) is 6.27. The molecule has 0 saturated carbocycles. The van der Waals surface area contributed by atoms with Crippen LogP contribution in [0.2, 0.25) is 5.02 Å². The largest absolute Gasteiger partial charge is 0.398 e. The highest BCUT2D eigenvalue weighted by Gasteiger charge is 2.28. The molecule has 2 atom stereocenters. The van der Waals surface area contributed by atoms with Crippen LogP contribution < -0.4 is 5.73 Å². The Morgan fingerprint density at radius 3 is 2.95 bits per heavy atom. The number of rotatable bonds is 2. The van der Waals surface area contributed by atoms with E-state index in [2.05, 4.69) is 17.1 Å². The SMILES string of the molecule is CC1SCCSC1c1noc(-c2cc(Cl)ccc2N)n1. The molecular formula is C13H14ClN3OS2. The van der Waals surface area contributed by atoms with E-state index in [9.17, 15) is 0 Å². The number of thioether (sulfide) groups is 2. The molecule has 1 aromatic heterocycles. The standard InChI is InChI=1S/C13H14ClN3OS2/c1-7-11(20-5-4-19-7)12-16-13(18-17-12)9-6-8(14)2-3-10(9)15/h2-3,6-7,11H,4-5,15H2,1H3. The lowest BCUT2D eigenvalue weighted by Crippen LogP contribution is -2.16. The lowest BCUT2D eigenvalue weighted by atomic mass is 10.2. The van der Waals surface area contributed by atoms with Crippen molar-refractivity contribution in [3.05, 3.63) is 29.0 Å². The zero-order valence-electron chi connectivity index (χ0n) is 10.9. The minimum Gasteiger partial charge on any atom is -0.398 e. The van der Waals surface area contributed by atoms with Gasteiger partial charge in [0.2, 0.25) is 0 Å². The molecule has 1 aromatic carbocycles. The summed E-state index contributed by atoms with van der Waals surface area (Å²) in [5.74, 6) is 3.46. The molecule has 7 heteroatoms. The Labute approximate surface area is 130 Å². The topological polar surface area (TPSA) is 64.9 Å². The first-order valence-corrected chi connectivity index (χ1v) is 8.75. The van der Waals surface area contributed by atoms with E-state index < -0.39 is 0 Å². The van der Waals surface area contributed by atoms with Gasteiger partial charge in [0.15, 0.2) is 5.82 Å². The summed E-state index contributed by atoms with van der Waals surface area (Å²) in [6.45, 7) is 2.20. The van der Waals surface area contributed by atoms with Gasteiger partial charge in [-0.05, 0) is 18.2 Å². The molecule has 2 aromatic rings. The second kappa shape index (κ2) is 5.87. The molecule has 2 N–H and O–H groups in total. The van der Waals surface area contributed by atoms with Gasteiger partial charge in [-0.25, -0.2) is 0 Å². The maximum absolute atomic E-state index is 5.99. The van der Waals surface area contributed by atoms with Crippen molar-refractivity contribution in [2.24, 2.45) is 0 Å². The average Bonchev–Trinajstić information content (AvgIpc) is 2.91. The Kier molecular flexibility index (Phi) is 4.14. The first kappa shape index (κ1) is 14.1. The molecular weight excluding hydrogens is 314 g/mol. The molecule has 106 valence electrons. The predicted octanol–water partition coefficient (Wildman–Crippen LogP) is 3.88. The zero-order chi connectivity index (χ0) is 14.1. The molecule has 0 spiro atoms. The second-order valence-electron chi connectivity index (χ2n) is 4.56. The van der Waals surface area contributed by atoms with Gasteiger partial charge in [-0.15, -0.1) is 11.8 Å². The van der Waals surface area contributed by atoms with Crippen LogP contribution in [0.25, 0.3) is 11.5 Å². The third-order valence-corrected chi connectivity index (χ3v) is 6.45. The van der Waals surface area contributed by atoms with Crippen molar-refractivity contribution >= 4 is 40.8 Å². The van der Waals surface area contributed by atoms with Gasteiger partial charge >= 0.3 is 0 Å². The second-order valence-corrected chi connectivity index (χ2v) is 7.73. The summed E-state index contributed by atoms with van der Waals surface area (Å²) in [4.78, 5) is 4.51. The summed E-state index contributed by atoms with van der Waals surface area (Å²) >= 11 is 9.81. The molecule has 20 heavy (non-hydrogen) atoms. The molecule has 1 aliphatic rings. The van der Waals surface area contributed by atoms with E-state index in [-0.39, 0.29) is 5.25 Å². The molecule has 0 amide bonds. The van der Waals surface area contributed by atoms with Crippen LogP contribution in [0, 0.1) is 0 Å². The lowest BCUT2D eigenvalue weighted by Gasteiger charge is -2.24. The Hall–Kier alpha value is -0.850. The van der Waals surface area contributed by atoms with E-state index in [1.165, 1.54) is 5.75 Å². The smallest absolute Gasteiger partial charge is 0.260 e. The molecule has 0 aliphatic carbocycles. The summed E-state index contributed by atoms with van der Waals surface area (Å²) in [5, 5.41) is 5.47. The number of aromatic nitrogens is 2. The third kappa shape index (κ3) is 2.77. The van der Waals surface area contributed by atoms with Crippen LogP contribution in [0.4, 0.5) is 5.69 Å². The van der Waals surface area contributed by atoms with Gasteiger partial charge in [-0.2, -0.15) is 16.7 Å². The van der Waals surface area contributed by atoms with Gasteiger partial charge in [0.25, 0.3) is 5.89 Å². The molecule has 2 heterocycles. The highest BCUT2D eigenvalue weighted by molar-refractivity contribution is 8.06. The van der Waals surface area contributed by atoms with Gasteiger partial charge < -0.3 is 10.3 Å². The van der Waals surface area contributed by atoms with Gasteiger partial charge in [0, 0.05) is 27.5 Å². The van der Waals surface area contributed by atoms with E-state index in [0.717, 1.165) is 11.6 Å². The molecule has 0 bridgehead atoms.